The zero-order valence-electron chi connectivity index (χ0n) is 9.79. The van der Waals surface area contributed by atoms with Crippen LogP contribution in [0.5, 0.6) is 0 Å². The molecule has 1 N–H and O–H groups in total. The van der Waals surface area contributed by atoms with Gasteiger partial charge in [-0.15, -0.1) is 0 Å². The number of anilines is 1. The molecule has 0 aliphatic carbocycles. The zero-order chi connectivity index (χ0) is 11.4. The fourth-order valence-electron chi connectivity index (χ4n) is 0.605. The van der Waals surface area contributed by atoms with E-state index in [1.165, 1.54) is 13.8 Å². The summed E-state index contributed by atoms with van der Waals surface area (Å²) in [6, 6.07) is 10.1. The first-order valence-electron chi connectivity index (χ1n) is 4.86. The lowest BCUT2D eigenvalue weighted by atomic mass is 10.3. The molecule has 0 amide bonds. The number of ketones is 1. The predicted octanol–water partition coefficient (Wildman–Crippen LogP) is 3.35. The molecule has 2 nitrogen and oxygen atoms in total. The molecule has 0 spiro atoms. The van der Waals surface area contributed by atoms with E-state index in [0.29, 0.717) is 0 Å². The van der Waals surface area contributed by atoms with Crippen LogP contribution < -0.4 is 5.32 Å². The Balaban J connectivity index is 0. The van der Waals surface area contributed by atoms with E-state index in [2.05, 4.69) is 5.32 Å². The van der Waals surface area contributed by atoms with Gasteiger partial charge in [-0.2, -0.15) is 0 Å². The van der Waals surface area contributed by atoms with Gasteiger partial charge in [0, 0.05) is 12.7 Å². The number of rotatable bonds is 1. The van der Waals surface area contributed by atoms with Gasteiger partial charge >= 0.3 is 0 Å². The van der Waals surface area contributed by atoms with E-state index < -0.39 is 0 Å². The van der Waals surface area contributed by atoms with Crippen LogP contribution in [0.2, 0.25) is 0 Å². The standard InChI is InChI=1S/C7H9N.C3H6O.C2H6/c1-8-7-5-3-2-4-6-7;1-3(2)4;1-2/h2-6,8H,1H3;1-2H3;1-2H3. The van der Waals surface area contributed by atoms with E-state index in [-0.39, 0.29) is 5.78 Å². The van der Waals surface area contributed by atoms with E-state index in [1.54, 1.807) is 0 Å². The van der Waals surface area contributed by atoms with Crippen molar-refractivity contribution in [3.63, 3.8) is 0 Å². The van der Waals surface area contributed by atoms with Crippen LogP contribution in [0.4, 0.5) is 5.69 Å². The minimum Gasteiger partial charge on any atom is -0.388 e. The van der Waals surface area contributed by atoms with Crippen molar-refractivity contribution in [3.8, 4) is 0 Å². The molecule has 0 aliphatic rings. The van der Waals surface area contributed by atoms with Gasteiger partial charge in [0.15, 0.2) is 0 Å². The Labute approximate surface area is 87.3 Å². The van der Waals surface area contributed by atoms with Gasteiger partial charge in [-0.05, 0) is 26.0 Å². The average molecular weight is 195 g/mol. The second-order valence-corrected chi connectivity index (χ2v) is 2.52. The van der Waals surface area contributed by atoms with Crippen LogP contribution in [0.15, 0.2) is 30.3 Å². The van der Waals surface area contributed by atoms with Crippen molar-refractivity contribution in [2.24, 2.45) is 0 Å². The van der Waals surface area contributed by atoms with Crippen molar-refractivity contribution in [2.75, 3.05) is 12.4 Å². The number of hydrogen-bond donors (Lipinski definition) is 1. The molecule has 0 saturated heterocycles. The average Bonchev–Trinajstić information content (AvgIpc) is 2.21. The Bertz CT molecular complexity index is 215. The second-order valence-electron chi connectivity index (χ2n) is 2.52. The molecule has 1 aromatic carbocycles. The molecular weight excluding hydrogens is 174 g/mol. The number of para-hydroxylation sites is 1. The highest BCUT2D eigenvalue weighted by Crippen LogP contribution is 2.01. The number of carbonyl (C=O) groups is 1. The van der Waals surface area contributed by atoms with Crippen LogP contribution in [0.25, 0.3) is 0 Å². The lowest BCUT2D eigenvalue weighted by molar-refractivity contribution is -0.114. The number of Topliss-reactive ketones (excluding diaryl/α,β-unsaturated/α-hetero) is 1. The molecule has 0 fully saturated rings. The minimum absolute atomic E-state index is 0.167. The molecule has 1 rings (SSSR count). The third-order valence-electron chi connectivity index (χ3n) is 1.06. The Morgan fingerprint density at radius 2 is 1.43 bits per heavy atom. The largest absolute Gasteiger partial charge is 0.388 e. The summed E-state index contributed by atoms with van der Waals surface area (Å²) in [5.74, 6) is 0.167. The highest BCUT2D eigenvalue weighted by molar-refractivity contribution is 5.72. The molecule has 0 aliphatic heterocycles. The maximum Gasteiger partial charge on any atom is 0.126 e. The van der Waals surface area contributed by atoms with Gasteiger partial charge in [-0.1, -0.05) is 32.0 Å². The van der Waals surface area contributed by atoms with Gasteiger partial charge in [0.25, 0.3) is 0 Å². The Kier molecular flexibility index (Phi) is 12.7. The Hall–Kier alpha value is -1.31. The van der Waals surface area contributed by atoms with Crippen molar-refractivity contribution < 1.29 is 4.79 Å². The third-order valence-corrected chi connectivity index (χ3v) is 1.06. The Morgan fingerprint density at radius 1 is 1.07 bits per heavy atom. The summed E-state index contributed by atoms with van der Waals surface area (Å²) >= 11 is 0. The maximum absolute atomic E-state index is 9.44. The summed E-state index contributed by atoms with van der Waals surface area (Å²) in [6.45, 7) is 7.06. The van der Waals surface area contributed by atoms with Crippen molar-refractivity contribution in [3.05, 3.63) is 30.3 Å². The molecule has 0 bridgehead atoms. The van der Waals surface area contributed by atoms with Crippen LogP contribution in [-0.4, -0.2) is 12.8 Å². The first-order valence-corrected chi connectivity index (χ1v) is 4.86. The van der Waals surface area contributed by atoms with Gasteiger partial charge in [0.2, 0.25) is 0 Å². The van der Waals surface area contributed by atoms with Crippen molar-refractivity contribution in [1.82, 2.24) is 0 Å². The molecule has 0 saturated carbocycles. The van der Waals surface area contributed by atoms with Crippen LogP contribution in [0.3, 0.4) is 0 Å². The van der Waals surface area contributed by atoms with E-state index in [4.69, 9.17) is 0 Å². The molecule has 0 heterocycles. The summed E-state index contributed by atoms with van der Waals surface area (Å²) in [5, 5.41) is 3.03. The van der Waals surface area contributed by atoms with Crippen molar-refractivity contribution in [1.29, 1.82) is 0 Å². The number of carbonyl (C=O) groups excluding carboxylic acids is 1. The smallest absolute Gasteiger partial charge is 0.126 e. The highest BCUT2D eigenvalue weighted by Gasteiger charge is 1.77. The fraction of sp³-hybridized carbons (Fsp3) is 0.417. The minimum atomic E-state index is 0.167. The summed E-state index contributed by atoms with van der Waals surface area (Å²) in [7, 11) is 1.91. The first kappa shape index (κ1) is 15.2. The van der Waals surface area contributed by atoms with Gasteiger partial charge < -0.3 is 10.1 Å². The lowest BCUT2D eigenvalue weighted by Gasteiger charge is -1.94. The SMILES string of the molecule is CC.CC(C)=O.CNc1ccccc1. The quantitative estimate of drug-likeness (QED) is 0.744. The van der Waals surface area contributed by atoms with E-state index in [0.717, 1.165) is 5.69 Å². The molecule has 0 unspecified atom stereocenters. The van der Waals surface area contributed by atoms with Gasteiger partial charge in [0.05, 0.1) is 0 Å². The molecule has 0 radical (unpaired) electrons. The predicted molar refractivity (Wildman–Crippen MR) is 63.7 cm³/mol. The molecular formula is C12H21NO. The molecule has 80 valence electrons. The third kappa shape index (κ3) is 13.3. The highest BCUT2D eigenvalue weighted by atomic mass is 16.1. The van der Waals surface area contributed by atoms with Gasteiger partial charge in [-0.3, -0.25) is 0 Å². The normalized spacial score (nSPS) is 7.21. The summed E-state index contributed by atoms with van der Waals surface area (Å²) in [5.41, 5.74) is 1.16. The van der Waals surface area contributed by atoms with Crippen molar-refractivity contribution in [2.45, 2.75) is 27.7 Å². The Morgan fingerprint density at radius 3 is 1.64 bits per heavy atom. The second kappa shape index (κ2) is 11.7. The fourth-order valence-corrected chi connectivity index (χ4v) is 0.605. The van der Waals surface area contributed by atoms with Crippen LogP contribution >= 0.6 is 0 Å². The van der Waals surface area contributed by atoms with Gasteiger partial charge in [0.1, 0.15) is 5.78 Å². The lowest BCUT2D eigenvalue weighted by Crippen LogP contribution is -1.84. The molecule has 2 heteroatoms. The van der Waals surface area contributed by atoms with Crippen molar-refractivity contribution >= 4 is 11.5 Å². The number of nitrogens with one attached hydrogen (secondary N) is 1. The van der Waals surface area contributed by atoms with E-state index >= 15 is 0 Å². The summed E-state index contributed by atoms with van der Waals surface area (Å²) in [6.07, 6.45) is 0. The van der Waals surface area contributed by atoms with Crippen LogP contribution in [0.1, 0.15) is 27.7 Å². The van der Waals surface area contributed by atoms with E-state index in [1.807, 2.05) is 51.2 Å². The number of benzene rings is 1. The molecule has 1 aromatic rings. The van der Waals surface area contributed by atoms with E-state index in [9.17, 15) is 4.79 Å². The summed E-state index contributed by atoms with van der Waals surface area (Å²) < 4.78 is 0. The van der Waals surface area contributed by atoms with Crippen LogP contribution in [-0.2, 0) is 4.79 Å². The molecule has 14 heavy (non-hydrogen) atoms. The monoisotopic (exact) mass is 195 g/mol. The van der Waals surface area contributed by atoms with Crippen LogP contribution in [0, 0.1) is 0 Å². The number of hydrogen-bond acceptors (Lipinski definition) is 2. The summed E-state index contributed by atoms with van der Waals surface area (Å²) in [4.78, 5) is 9.44. The van der Waals surface area contributed by atoms with Gasteiger partial charge in [-0.25, -0.2) is 0 Å². The molecule has 0 aromatic heterocycles. The topological polar surface area (TPSA) is 29.1 Å². The first-order chi connectivity index (χ1) is 6.66. The zero-order valence-corrected chi connectivity index (χ0v) is 9.79. The molecule has 0 atom stereocenters. The maximum atomic E-state index is 9.44.